The molecule has 0 saturated carbocycles. The summed E-state index contributed by atoms with van der Waals surface area (Å²) in [6, 6.07) is -0.0432. The Morgan fingerprint density at radius 1 is 1.38 bits per heavy atom. The number of carbonyl (C=O) groups excluding carboxylic acids is 1. The molecular weight excluding hydrogens is 334 g/mol. The molecule has 0 aromatic carbocycles. The fourth-order valence-corrected chi connectivity index (χ4v) is 6.23. The first kappa shape index (κ1) is 19.3. The molecule has 1 saturated heterocycles. The van der Waals surface area contributed by atoms with Crippen molar-refractivity contribution in [1.82, 2.24) is 8.38 Å². The van der Waals surface area contributed by atoms with E-state index in [1.54, 1.807) is 4.08 Å². The van der Waals surface area contributed by atoms with Crippen LogP contribution in [0.4, 0.5) is 9.18 Å². The van der Waals surface area contributed by atoms with Crippen LogP contribution in [0, 0.1) is 5.41 Å². The molecule has 0 spiro atoms. The van der Waals surface area contributed by atoms with E-state index in [1.807, 2.05) is 13.8 Å². The minimum Gasteiger partial charge on any atom is -0.317 e. The van der Waals surface area contributed by atoms with Gasteiger partial charge in [0.2, 0.25) is 0 Å². The summed E-state index contributed by atoms with van der Waals surface area (Å²) in [4.78, 5) is 10.8. The topological polar surface area (TPSA) is 42.0 Å². The predicted octanol–water partition coefficient (Wildman–Crippen LogP) is 4.36. The van der Waals surface area contributed by atoms with Gasteiger partial charge in [0, 0.05) is 18.5 Å². The van der Waals surface area contributed by atoms with Gasteiger partial charge in [0.15, 0.2) is 0 Å². The Morgan fingerprint density at radius 3 is 2.19 bits per heavy atom. The first-order valence-corrected chi connectivity index (χ1v) is 10.3. The Labute approximate surface area is 136 Å². The number of hydrogen-bond acceptors (Lipinski definition) is 5. The lowest BCUT2D eigenvalue weighted by Gasteiger charge is -2.44. The molecule has 0 bridgehead atoms. The fourth-order valence-electron chi connectivity index (χ4n) is 1.87. The van der Waals surface area contributed by atoms with E-state index in [9.17, 15) is 9.18 Å². The molecule has 0 atom stereocenters. The third kappa shape index (κ3) is 4.62. The summed E-state index contributed by atoms with van der Waals surface area (Å²) in [5.74, 6) is 0. The van der Waals surface area contributed by atoms with E-state index in [0.717, 1.165) is 29.3 Å². The smallest absolute Gasteiger partial charge is 0.317 e. The lowest BCUT2D eigenvalue weighted by atomic mass is 9.84. The number of halogens is 1. The van der Waals surface area contributed by atoms with Crippen LogP contribution in [-0.4, -0.2) is 40.8 Å². The van der Waals surface area contributed by atoms with E-state index in [2.05, 4.69) is 13.8 Å². The number of hydrogen-bond donors (Lipinski definition) is 0. The van der Waals surface area contributed by atoms with Crippen molar-refractivity contribution in [2.45, 2.75) is 46.6 Å². The first-order valence-electron chi connectivity index (χ1n) is 7.00. The zero-order valence-corrected chi connectivity index (χ0v) is 15.7. The summed E-state index contributed by atoms with van der Waals surface area (Å²) in [6.07, 6.45) is 0.383. The molecule has 21 heavy (non-hydrogen) atoms. The molecule has 1 amide bonds. The quantitative estimate of drug-likeness (QED) is 0.304. The van der Waals surface area contributed by atoms with Crippen molar-refractivity contribution >= 4 is 36.7 Å². The van der Waals surface area contributed by atoms with E-state index in [4.69, 9.17) is 20.9 Å². The van der Waals surface area contributed by atoms with Gasteiger partial charge in [-0.25, -0.2) is 9.10 Å². The molecule has 0 aromatic heterocycles. The number of nitrogens with zero attached hydrogens (tertiary/aromatic N) is 2. The van der Waals surface area contributed by atoms with Gasteiger partial charge in [-0.15, -0.1) is 4.39 Å². The van der Waals surface area contributed by atoms with E-state index < -0.39 is 12.8 Å². The van der Waals surface area contributed by atoms with Crippen LogP contribution in [0.5, 0.6) is 0 Å². The molecule has 0 aliphatic carbocycles. The molecule has 0 N–H and O–H groups in total. The largest absolute Gasteiger partial charge is 0.410 e. The standard InChI is InChI=1S/C12H24FN2O3PS2/c1-6-12(7-2)8-17-19(20,18-9-12)15(10(3)4)21-14(5)11(13)16/h10H,6-9H2,1-5H3. The molecule has 0 aromatic rings. The molecule has 0 radical (unpaired) electrons. The highest BCUT2D eigenvalue weighted by atomic mass is 32.5. The minimum atomic E-state index is -2.71. The lowest BCUT2D eigenvalue weighted by molar-refractivity contribution is 0.0177. The molecule has 9 heteroatoms. The Morgan fingerprint density at radius 2 is 1.86 bits per heavy atom. The van der Waals surface area contributed by atoms with E-state index in [1.165, 1.54) is 7.05 Å². The average Bonchev–Trinajstić information content (AvgIpc) is 2.45. The van der Waals surface area contributed by atoms with Crippen LogP contribution in [-0.2, 0) is 20.9 Å². The maximum absolute atomic E-state index is 12.8. The fraction of sp³-hybridized carbons (Fsp3) is 0.917. The second kappa shape index (κ2) is 7.70. The highest BCUT2D eigenvalue weighted by Crippen LogP contribution is 2.61. The maximum Gasteiger partial charge on any atom is 0.410 e. The summed E-state index contributed by atoms with van der Waals surface area (Å²) >= 11 is 6.48. The van der Waals surface area contributed by atoms with Gasteiger partial charge in [-0.3, -0.25) is 0 Å². The van der Waals surface area contributed by atoms with Gasteiger partial charge in [-0.05, 0) is 38.5 Å². The van der Waals surface area contributed by atoms with Crippen LogP contribution in [0.15, 0.2) is 0 Å². The van der Waals surface area contributed by atoms with Crippen molar-refractivity contribution < 1.29 is 18.2 Å². The summed E-state index contributed by atoms with van der Waals surface area (Å²) in [5, 5.41) is 0. The number of amides is 1. The summed E-state index contributed by atoms with van der Waals surface area (Å²) < 4.78 is 27.2. The van der Waals surface area contributed by atoms with Gasteiger partial charge in [0.1, 0.15) is 0 Å². The Hall–Kier alpha value is 0.280. The van der Waals surface area contributed by atoms with E-state index in [0.29, 0.717) is 13.2 Å². The predicted molar refractivity (Wildman–Crippen MR) is 88.0 cm³/mol. The van der Waals surface area contributed by atoms with Crippen LogP contribution >= 0.6 is 18.8 Å². The van der Waals surface area contributed by atoms with Gasteiger partial charge in [-0.1, -0.05) is 13.8 Å². The Balaban J connectivity index is 2.85. The van der Waals surface area contributed by atoms with Gasteiger partial charge in [-0.2, -0.15) is 4.08 Å². The third-order valence-electron chi connectivity index (χ3n) is 3.70. The first-order chi connectivity index (χ1) is 9.69. The zero-order valence-electron chi connectivity index (χ0n) is 13.2. The Bertz CT molecular complexity index is 407. The van der Waals surface area contributed by atoms with Crippen LogP contribution in [0.25, 0.3) is 0 Å². The Kier molecular flexibility index (Phi) is 7.09. The van der Waals surface area contributed by atoms with Crippen molar-refractivity contribution in [1.29, 1.82) is 0 Å². The molecule has 124 valence electrons. The highest BCUT2D eigenvalue weighted by Gasteiger charge is 2.43. The van der Waals surface area contributed by atoms with Gasteiger partial charge in [0.05, 0.1) is 25.3 Å². The zero-order chi connectivity index (χ0) is 16.3. The van der Waals surface area contributed by atoms with Gasteiger partial charge < -0.3 is 9.05 Å². The van der Waals surface area contributed by atoms with Crippen molar-refractivity contribution in [3.8, 4) is 0 Å². The van der Waals surface area contributed by atoms with E-state index in [-0.39, 0.29) is 11.5 Å². The maximum atomic E-state index is 12.8. The molecular formula is C12H24FN2O3PS2. The van der Waals surface area contributed by atoms with Crippen molar-refractivity contribution in [2.75, 3.05) is 20.3 Å². The van der Waals surface area contributed by atoms with Crippen LogP contribution in [0.2, 0.25) is 0 Å². The summed E-state index contributed by atoms with van der Waals surface area (Å²) in [5.41, 5.74) is -0.00254. The summed E-state index contributed by atoms with van der Waals surface area (Å²) in [6.45, 7) is 6.39. The number of rotatable bonds is 6. The molecule has 1 fully saturated rings. The average molecular weight is 358 g/mol. The molecule has 5 nitrogen and oxygen atoms in total. The minimum absolute atomic E-state index is 0.00254. The molecule has 1 rings (SSSR count). The molecule has 1 aliphatic rings. The lowest BCUT2D eigenvalue weighted by Crippen LogP contribution is -2.39. The second-order valence-corrected chi connectivity index (χ2v) is 10.1. The van der Waals surface area contributed by atoms with Crippen molar-refractivity contribution in [2.24, 2.45) is 5.41 Å². The number of carbonyl (C=O) groups is 1. The molecule has 1 heterocycles. The van der Waals surface area contributed by atoms with Crippen molar-refractivity contribution in [3.63, 3.8) is 0 Å². The highest BCUT2D eigenvalue weighted by molar-refractivity contribution is 8.15. The third-order valence-corrected chi connectivity index (χ3v) is 8.87. The van der Waals surface area contributed by atoms with Crippen LogP contribution in [0.1, 0.15) is 40.5 Å². The normalized spacial score (nSPS) is 20.8. The van der Waals surface area contributed by atoms with Gasteiger partial charge in [0.25, 0.3) is 6.64 Å². The van der Waals surface area contributed by atoms with E-state index >= 15 is 0 Å². The van der Waals surface area contributed by atoms with Crippen LogP contribution < -0.4 is 0 Å². The monoisotopic (exact) mass is 358 g/mol. The molecule has 1 aliphatic heterocycles. The summed E-state index contributed by atoms with van der Waals surface area (Å²) in [7, 11) is 1.36. The van der Waals surface area contributed by atoms with Gasteiger partial charge >= 0.3 is 6.16 Å². The SMILES string of the molecule is CCC1(CC)COP(=S)(N(SN(C)C(=O)F)C(C)C)OC1. The second-order valence-electron chi connectivity index (χ2n) is 5.45. The molecule has 0 unspecified atom stereocenters. The van der Waals surface area contributed by atoms with Crippen molar-refractivity contribution in [3.05, 3.63) is 0 Å². The van der Waals surface area contributed by atoms with Crippen LogP contribution in [0.3, 0.4) is 0 Å².